The first-order valence-corrected chi connectivity index (χ1v) is 9.67. The van der Waals surface area contributed by atoms with Crippen LogP contribution in [-0.2, 0) is 11.2 Å². The third kappa shape index (κ3) is 2.45. The molecule has 0 amide bonds. The molecule has 0 saturated carbocycles. The van der Waals surface area contributed by atoms with E-state index < -0.39 is 0 Å². The van der Waals surface area contributed by atoms with Crippen molar-refractivity contribution in [1.29, 1.82) is 0 Å². The molecule has 2 saturated heterocycles. The zero-order chi connectivity index (χ0) is 18.5. The summed E-state index contributed by atoms with van der Waals surface area (Å²) in [6, 6.07) is 2.42. The smallest absolute Gasteiger partial charge is 0.204 e. The summed E-state index contributed by atoms with van der Waals surface area (Å²) in [5.74, 6) is 2.11. The Labute approximate surface area is 159 Å². The average molecular weight is 373 g/mol. The highest BCUT2D eigenvalue weighted by atomic mass is 16.5. The number of aromatic nitrogens is 1. The predicted octanol–water partition coefficient (Wildman–Crippen LogP) is 2.15. The largest absolute Gasteiger partial charge is 0.493 e. The van der Waals surface area contributed by atoms with E-state index in [-0.39, 0.29) is 0 Å². The third-order valence-corrected chi connectivity index (χ3v) is 6.36. The number of ether oxygens (including phenoxy) is 4. The van der Waals surface area contributed by atoms with Gasteiger partial charge in [0.05, 0.1) is 52.3 Å². The van der Waals surface area contributed by atoms with E-state index in [1.54, 1.807) is 21.3 Å². The summed E-state index contributed by atoms with van der Waals surface area (Å²) < 4.78 is 22.7. The molecule has 5 rings (SSSR count). The zero-order valence-corrected chi connectivity index (χ0v) is 16.2. The number of benzene rings is 1. The van der Waals surface area contributed by atoms with Crippen LogP contribution >= 0.6 is 0 Å². The summed E-state index contributed by atoms with van der Waals surface area (Å²) in [6.45, 7) is 4.84. The van der Waals surface area contributed by atoms with Crippen molar-refractivity contribution in [3.05, 3.63) is 17.3 Å². The molecule has 0 bridgehead atoms. The van der Waals surface area contributed by atoms with Crippen molar-refractivity contribution < 1.29 is 18.9 Å². The number of methoxy groups -OCH3 is 3. The van der Waals surface area contributed by atoms with Crippen molar-refractivity contribution in [1.82, 2.24) is 14.8 Å². The van der Waals surface area contributed by atoms with Crippen LogP contribution in [0, 0.1) is 0 Å². The molecule has 0 radical (unpaired) electrons. The van der Waals surface area contributed by atoms with Gasteiger partial charge in [-0.05, 0) is 18.4 Å². The van der Waals surface area contributed by atoms with Crippen LogP contribution in [0.25, 0.3) is 10.9 Å². The topological polar surface area (TPSA) is 59.2 Å². The van der Waals surface area contributed by atoms with E-state index in [1.807, 2.05) is 6.07 Å². The summed E-state index contributed by atoms with van der Waals surface area (Å²) in [4.78, 5) is 8.88. The fourth-order valence-corrected chi connectivity index (χ4v) is 5.16. The molecule has 2 atom stereocenters. The number of nitrogens with one attached hydrogen (secondary N) is 1. The number of hydrogen-bond acceptors (Lipinski definition) is 6. The molecule has 1 N–H and O–H groups in total. The first-order chi connectivity index (χ1) is 13.3. The lowest BCUT2D eigenvalue weighted by molar-refractivity contribution is -0.120. The Morgan fingerprint density at radius 2 is 1.93 bits per heavy atom. The molecule has 1 aromatic heterocycles. The normalized spacial score (nSPS) is 25.6. The maximum atomic E-state index is 5.79. The van der Waals surface area contributed by atoms with E-state index in [2.05, 4.69) is 14.8 Å². The van der Waals surface area contributed by atoms with Crippen LogP contribution in [-0.4, -0.2) is 75.1 Å². The number of H-pyrrole nitrogens is 1. The van der Waals surface area contributed by atoms with Gasteiger partial charge in [-0.2, -0.15) is 0 Å². The highest BCUT2D eigenvalue weighted by molar-refractivity contribution is 5.95. The monoisotopic (exact) mass is 373 g/mol. The van der Waals surface area contributed by atoms with Crippen molar-refractivity contribution in [2.75, 3.05) is 54.2 Å². The van der Waals surface area contributed by atoms with Crippen molar-refractivity contribution in [3.8, 4) is 17.2 Å². The molecule has 3 aliphatic heterocycles. The second-order valence-corrected chi connectivity index (χ2v) is 7.47. The van der Waals surface area contributed by atoms with Gasteiger partial charge >= 0.3 is 0 Å². The minimum atomic E-state index is 0.392. The number of rotatable bonds is 3. The molecule has 146 valence electrons. The number of morpholine rings is 1. The van der Waals surface area contributed by atoms with Crippen LogP contribution in [0.3, 0.4) is 0 Å². The highest BCUT2D eigenvalue weighted by Gasteiger charge is 2.42. The maximum absolute atomic E-state index is 5.79. The Kier molecular flexibility index (Phi) is 4.18. The van der Waals surface area contributed by atoms with E-state index >= 15 is 0 Å². The number of nitrogens with zero attached hydrogens (tertiary/aromatic N) is 2. The van der Waals surface area contributed by atoms with E-state index in [0.717, 1.165) is 62.3 Å². The van der Waals surface area contributed by atoms with Crippen molar-refractivity contribution in [3.63, 3.8) is 0 Å². The van der Waals surface area contributed by atoms with Gasteiger partial charge in [0.15, 0.2) is 11.5 Å². The molecule has 3 aliphatic rings. The van der Waals surface area contributed by atoms with Crippen molar-refractivity contribution >= 4 is 10.9 Å². The molecule has 0 aliphatic carbocycles. The highest BCUT2D eigenvalue weighted by Crippen LogP contribution is 2.48. The lowest BCUT2D eigenvalue weighted by atomic mass is 9.92. The average Bonchev–Trinajstić information content (AvgIpc) is 3.10. The lowest BCUT2D eigenvalue weighted by Gasteiger charge is -2.51. The summed E-state index contributed by atoms with van der Waals surface area (Å²) in [5, 5.41) is 1.13. The Morgan fingerprint density at radius 3 is 2.70 bits per heavy atom. The standard InChI is InChI=1S/C20H27N3O4/c1-24-15-10-13-17(20(26-3)19(15)25-2)12-4-7-23-14(18(12)21-13)5-6-22-8-9-27-11-16(22)23/h10,14,16,21H,4-9,11H2,1-3H3/t14-,16-/m0/s1. The number of aromatic amines is 1. The second kappa shape index (κ2) is 6.58. The first kappa shape index (κ1) is 17.2. The predicted molar refractivity (Wildman–Crippen MR) is 102 cm³/mol. The summed E-state index contributed by atoms with van der Waals surface area (Å²) in [6.07, 6.45) is 2.51. The van der Waals surface area contributed by atoms with Gasteiger partial charge in [-0.1, -0.05) is 0 Å². The number of fused-ring (bicyclic) bond motifs is 7. The molecular weight excluding hydrogens is 346 g/mol. The fourth-order valence-electron chi connectivity index (χ4n) is 5.16. The molecule has 4 heterocycles. The summed E-state index contributed by atoms with van der Waals surface area (Å²) in [5.41, 5.74) is 3.72. The lowest BCUT2D eigenvalue weighted by Crippen LogP contribution is -2.61. The third-order valence-electron chi connectivity index (χ3n) is 6.36. The minimum Gasteiger partial charge on any atom is -0.493 e. The molecule has 2 fully saturated rings. The van der Waals surface area contributed by atoms with Crippen LogP contribution in [0.2, 0.25) is 0 Å². The van der Waals surface area contributed by atoms with E-state index in [9.17, 15) is 0 Å². The quantitative estimate of drug-likeness (QED) is 0.890. The number of hydrogen-bond donors (Lipinski definition) is 1. The Hall–Kier alpha value is -1.96. The first-order valence-electron chi connectivity index (χ1n) is 9.67. The van der Waals surface area contributed by atoms with Gasteiger partial charge in [0.2, 0.25) is 5.75 Å². The molecular formula is C20H27N3O4. The second-order valence-electron chi connectivity index (χ2n) is 7.47. The molecule has 27 heavy (non-hydrogen) atoms. The Bertz CT molecular complexity index is 865. The van der Waals surface area contributed by atoms with Gasteiger partial charge in [-0.25, -0.2) is 0 Å². The SMILES string of the molecule is COc1cc2[nH]c3c(c2c(OC)c1OC)CCN1[C@H]3CCN2CCOC[C@@H]21. The molecule has 1 aromatic carbocycles. The van der Waals surface area contributed by atoms with E-state index in [1.165, 1.54) is 11.3 Å². The minimum absolute atomic E-state index is 0.392. The van der Waals surface area contributed by atoms with Gasteiger partial charge in [0.25, 0.3) is 0 Å². The van der Waals surface area contributed by atoms with E-state index in [0.29, 0.717) is 23.7 Å². The maximum Gasteiger partial charge on any atom is 0.204 e. The van der Waals surface area contributed by atoms with Gasteiger partial charge < -0.3 is 23.9 Å². The van der Waals surface area contributed by atoms with Crippen LogP contribution in [0.4, 0.5) is 0 Å². The Morgan fingerprint density at radius 1 is 1.07 bits per heavy atom. The van der Waals surface area contributed by atoms with Gasteiger partial charge in [0.1, 0.15) is 0 Å². The Balaban J connectivity index is 1.63. The molecule has 7 nitrogen and oxygen atoms in total. The van der Waals surface area contributed by atoms with Crippen LogP contribution < -0.4 is 14.2 Å². The van der Waals surface area contributed by atoms with E-state index in [4.69, 9.17) is 18.9 Å². The molecule has 2 aromatic rings. The molecule has 7 heteroatoms. The molecule has 0 spiro atoms. The van der Waals surface area contributed by atoms with Crippen molar-refractivity contribution in [2.24, 2.45) is 0 Å². The van der Waals surface area contributed by atoms with Crippen LogP contribution in [0.15, 0.2) is 6.07 Å². The summed E-state index contributed by atoms with van der Waals surface area (Å²) in [7, 11) is 5.02. The van der Waals surface area contributed by atoms with Crippen LogP contribution in [0.5, 0.6) is 17.2 Å². The van der Waals surface area contributed by atoms with Crippen molar-refractivity contribution in [2.45, 2.75) is 25.0 Å². The van der Waals surface area contributed by atoms with Gasteiger partial charge in [0, 0.05) is 36.8 Å². The fraction of sp³-hybridized carbons (Fsp3) is 0.600. The summed E-state index contributed by atoms with van der Waals surface area (Å²) >= 11 is 0. The van der Waals surface area contributed by atoms with Gasteiger partial charge in [-0.15, -0.1) is 0 Å². The molecule has 0 unspecified atom stereocenters. The zero-order valence-electron chi connectivity index (χ0n) is 16.2. The van der Waals surface area contributed by atoms with Crippen LogP contribution in [0.1, 0.15) is 23.7 Å². The van der Waals surface area contributed by atoms with Gasteiger partial charge in [-0.3, -0.25) is 9.80 Å².